The van der Waals surface area contributed by atoms with Gasteiger partial charge in [0.05, 0.1) is 16.8 Å². The topological polar surface area (TPSA) is 93.1 Å². The Kier molecular flexibility index (Phi) is 5.86. The maximum atomic E-state index is 12.8. The van der Waals surface area contributed by atoms with Crippen molar-refractivity contribution in [3.63, 3.8) is 0 Å². The number of aryl methyl sites for hydroxylation is 1. The van der Waals surface area contributed by atoms with E-state index in [0.29, 0.717) is 5.69 Å². The van der Waals surface area contributed by atoms with Crippen molar-refractivity contribution >= 4 is 21.6 Å². The first-order valence-corrected chi connectivity index (χ1v) is 10.7. The number of carbonyl (C=O) groups is 1. The number of amides is 1. The second kappa shape index (κ2) is 8.18. The number of rotatable bonds is 6. The highest BCUT2D eigenvalue weighted by Gasteiger charge is 2.22. The average molecular weight is 413 g/mol. The molecule has 0 aliphatic carbocycles. The van der Waals surface area contributed by atoms with Gasteiger partial charge in [-0.3, -0.25) is 4.79 Å². The van der Waals surface area contributed by atoms with Crippen LogP contribution in [0.4, 0.5) is 5.69 Å². The third-order valence-electron chi connectivity index (χ3n) is 4.67. The summed E-state index contributed by atoms with van der Waals surface area (Å²) in [6.45, 7) is 7.11. The third kappa shape index (κ3) is 4.55. The largest absolute Gasteiger partial charge is 0.326 e. The monoisotopic (exact) mass is 412 g/mol. The van der Waals surface area contributed by atoms with E-state index in [0.717, 1.165) is 22.5 Å². The number of benzene rings is 2. The molecule has 2 aromatic carbocycles. The van der Waals surface area contributed by atoms with Crippen LogP contribution in [-0.2, 0) is 14.8 Å². The maximum absolute atomic E-state index is 12.8. The van der Waals surface area contributed by atoms with Gasteiger partial charge in [0.1, 0.15) is 0 Å². The van der Waals surface area contributed by atoms with Crippen molar-refractivity contribution in [2.24, 2.45) is 0 Å². The molecule has 0 saturated carbocycles. The average Bonchev–Trinajstić information content (AvgIpc) is 3.03. The van der Waals surface area contributed by atoms with E-state index < -0.39 is 16.1 Å². The molecule has 29 heavy (non-hydrogen) atoms. The predicted molar refractivity (Wildman–Crippen MR) is 113 cm³/mol. The summed E-state index contributed by atoms with van der Waals surface area (Å²) in [6, 6.07) is 13.5. The Morgan fingerprint density at radius 3 is 2.34 bits per heavy atom. The molecule has 152 valence electrons. The number of sulfonamides is 1. The van der Waals surface area contributed by atoms with Gasteiger partial charge in [-0.05, 0) is 56.7 Å². The van der Waals surface area contributed by atoms with Gasteiger partial charge >= 0.3 is 0 Å². The van der Waals surface area contributed by atoms with Crippen molar-refractivity contribution < 1.29 is 13.2 Å². The smallest absolute Gasteiger partial charge is 0.241 e. The lowest BCUT2D eigenvalue weighted by Crippen LogP contribution is -2.27. The summed E-state index contributed by atoms with van der Waals surface area (Å²) in [6.07, 6.45) is 1.69. The summed E-state index contributed by atoms with van der Waals surface area (Å²) in [7, 11) is -3.73. The number of nitrogens with one attached hydrogen (secondary N) is 2. The Labute approximate surface area is 170 Å². The highest BCUT2D eigenvalue weighted by atomic mass is 32.2. The lowest BCUT2D eigenvalue weighted by Gasteiger charge is -2.15. The summed E-state index contributed by atoms with van der Waals surface area (Å²) in [5.41, 5.74) is 4.25. The molecule has 0 aliphatic heterocycles. The molecule has 0 fully saturated rings. The van der Waals surface area contributed by atoms with Gasteiger partial charge in [0.15, 0.2) is 0 Å². The first-order valence-electron chi connectivity index (χ1n) is 9.19. The highest BCUT2D eigenvalue weighted by molar-refractivity contribution is 7.89. The van der Waals surface area contributed by atoms with E-state index in [9.17, 15) is 13.2 Å². The second-order valence-electron chi connectivity index (χ2n) is 6.93. The Bertz CT molecular complexity index is 1130. The van der Waals surface area contributed by atoms with Crippen LogP contribution in [0.5, 0.6) is 0 Å². The first-order chi connectivity index (χ1) is 13.7. The normalized spacial score (nSPS) is 12.6. The minimum Gasteiger partial charge on any atom is -0.326 e. The van der Waals surface area contributed by atoms with Crippen LogP contribution in [0.15, 0.2) is 59.6 Å². The van der Waals surface area contributed by atoms with Crippen LogP contribution in [0.1, 0.15) is 36.7 Å². The quantitative estimate of drug-likeness (QED) is 0.648. The van der Waals surface area contributed by atoms with Gasteiger partial charge in [-0.25, -0.2) is 17.8 Å². The minimum atomic E-state index is -3.73. The van der Waals surface area contributed by atoms with E-state index in [2.05, 4.69) is 15.1 Å². The minimum absolute atomic E-state index is 0.127. The molecule has 0 aliphatic rings. The van der Waals surface area contributed by atoms with Crippen molar-refractivity contribution in [2.45, 2.75) is 38.6 Å². The summed E-state index contributed by atoms with van der Waals surface area (Å²) in [5.74, 6) is -0.214. The molecule has 0 radical (unpaired) electrons. The molecule has 0 spiro atoms. The molecule has 3 aromatic rings. The molecule has 2 N–H and O–H groups in total. The Morgan fingerprint density at radius 1 is 1.07 bits per heavy atom. The number of carbonyl (C=O) groups excluding carboxylic acids is 1. The van der Waals surface area contributed by atoms with Crippen molar-refractivity contribution in [1.82, 2.24) is 14.5 Å². The van der Waals surface area contributed by atoms with Crippen LogP contribution >= 0.6 is 0 Å². The van der Waals surface area contributed by atoms with Crippen molar-refractivity contribution in [1.29, 1.82) is 0 Å². The zero-order valence-corrected chi connectivity index (χ0v) is 17.6. The molecular weight excluding hydrogens is 388 g/mol. The molecule has 7 nitrogen and oxygen atoms in total. The molecule has 1 atom stereocenters. The van der Waals surface area contributed by atoms with Crippen LogP contribution in [0.2, 0.25) is 0 Å². The summed E-state index contributed by atoms with van der Waals surface area (Å²) >= 11 is 0. The molecule has 1 heterocycles. The molecule has 0 bridgehead atoms. The summed E-state index contributed by atoms with van der Waals surface area (Å²) in [5, 5.41) is 7.07. The third-order valence-corrected chi connectivity index (χ3v) is 6.23. The van der Waals surface area contributed by atoms with E-state index in [1.807, 2.05) is 42.8 Å². The van der Waals surface area contributed by atoms with Gasteiger partial charge < -0.3 is 5.32 Å². The van der Waals surface area contributed by atoms with E-state index >= 15 is 0 Å². The SMILES string of the molecule is CC(=O)Nc1ccc(S(=O)(=O)N[C@@H](C)c2cnn(-c3ccccc3C)c2C)cc1. The fraction of sp³-hybridized carbons (Fsp3) is 0.238. The molecular formula is C21H24N4O3S. The van der Waals surface area contributed by atoms with Gasteiger partial charge in [-0.1, -0.05) is 18.2 Å². The van der Waals surface area contributed by atoms with Crippen molar-refractivity contribution in [3.05, 3.63) is 71.5 Å². The number of hydrogen-bond acceptors (Lipinski definition) is 4. The lowest BCUT2D eigenvalue weighted by atomic mass is 10.1. The van der Waals surface area contributed by atoms with Gasteiger partial charge in [0, 0.05) is 29.9 Å². The number of para-hydroxylation sites is 1. The molecule has 3 rings (SSSR count). The highest BCUT2D eigenvalue weighted by Crippen LogP contribution is 2.24. The molecule has 0 saturated heterocycles. The van der Waals surface area contributed by atoms with Gasteiger partial charge in [-0.15, -0.1) is 0 Å². The van der Waals surface area contributed by atoms with Crippen LogP contribution in [0.25, 0.3) is 5.69 Å². The fourth-order valence-corrected chi connectivity index (χ4v) is 4.40. The number of hydrogen-bond donors (Lipinski definition) is 2. The first kappa shape index (κ1) is 20.8. The van der Waals surface area contributed by atoms with Crippen LogP contribution in [0, 0.1) is 13.8 Å². The van der Waals surface area contributed by atoms with Crippen LogP contribution in [0.3, 0.4) is 0 Å². The Balaban J connectivity index is 1.82. The Morgan fingerprint density at radius 2 is 1.72 bits per heavy atom. The van der Waals surface area contributed by atoms with E-state index in [1.54, 1.807) is 25.3 Å². The molecule has 1 aromatic heterocycles. The van der Waals surface area contributed by atoms with Crippen LogP contribution < -0.4 is 10.0 Å². The standard InChI is InChI=1S/C21H24N4O3S/c1-14-7-5-6-8-21(14)25-16(3)20(13-22-25)15(2)24-29(27,28)19-11-9-18(10-12-19)23-17(4)26/h5-13,15,24H,1-4H3,(H,23,26)/t15-/m0/s1. The summed E-state index contributed by atoms with van der Waals surface area (Å²) in [4.78, 5) is 11.2. The zero-order valence-electron chi connectivity index (χ0n) is 16.8. The van der Waals surface area contributed by atoms with E-state index in [4.69, 9.17) is 0 Å². The van der Waals surface area contributed by atoms with Crippen LogP contribution in [-0.4, -0.2) is 24.1 Å². The fourth-order valence-electron chi connectivity index (χ4n) is 3.18. The van der Waals surface area contributed by atoms with Gasteiger partial charge in [0.2, 0.25) is 15.9 Å². The molecule has 8 heteroatoms. The van der Waals surface area contributed by atoms with Crippen molar-refractivity contribution in [3.8, 4) is 5.69 Å². The van der Waals surface area contributed by atoms with Gasteiger partial charge in [-0.2, -0.15) is 5.10 Å². The van der Waals surface area contributed by atoms with Crippen molar-refractivity contribution in [2.75, 3.05) is 5.32 Å². The van der Waals surface area contributed by atoms with E-state index in [-0.39, 0.29) is 10.8 Å². The summed E-state index contributed by atoms with van der Waals surface area (Å²) < 4.78 is 30.0. The second-order valence-corrected chi connectivity index (χ2v) is 8.65. The molecule has 0 unspecified atom stereocenters. The number of aromatic nitrogens is 2. The predicted octanol–water partition coefficient (Wildman–Crippen LogP) is 3.49. The number of nitrogens with zero attached hydrogens (tertiary/aromatic N) is 2. The van der Waals surface area contributed by atoms with Gasteiger partial charge in [0.25, 0.3) is 0 Å². The number of anilines is 1. The maximum Gasteiger partial charge on any atom is 0.241 e. The molecule has 1 amide bonds. The van der Waals surface area contributed by atoms with E-state index in [1.165, 1.54) is 19.1 Å². The Hall–Kier alpha value is -2.97. The zero-order chi connectivity index (χ0) is 21.2. The lowest BCUT2D eigenvalue weighted by molar-refractivity contribution is -0.114.